The Bertz CT molecular complexity index is 350. The topological polar surface area (TPSA) is 32.7 Å². The SMILES string of the molecule is CC(O)CCN(C)Cc1ccccc1OC(C)C. The third kappa shape index (κ3) is 5.52. The van der Waals surface area contributed by atoms with Crippen molar-refractivity contribution in [3.63, 3.8) is 0 Å². The highest BCUT2D eigenvalue weighted by Crippen LogP contribution is 2.20. The van der Waals surface area contributed by atoms with Gasteiger partial charge in [0, 0.05) is 18.7 Å². The summed E-state index contributed by atoms with van der Waals surface area (Å²) < 4.78 is 5.80. The number of nitrogens with zero attached hydrogens (tertiary/aromatic N) is 1. The Morgan fingerprint density at radius 1 is 1.22 bits per heavy atom. The van der Waals surface area contributed by atoms with Crippen molar-refractivity contribution in [1.29, 1.82) is 0 Å². The van der Waals surface area contributed by atoms with Crippen molar-refractivity contribution in [1.82, 2.24) is 4.90 Å². The fourth-order valence-electron chi connectivity index (χ4n) is 1.78. The highest BCUT2D eigenvalue weighted by atomic mass is 16.5. The largest absolute Gasteiger partial charge is 0.491 e. The molecule has 1 aromatic rings. The van der Waals surface area contributed by atoms with Gasteiger partial charge in [0.05, 0.1) is 12.2 Å². The van der Waals surface area contributed by atoms with Gasteiger partial charge in [0.1, 0.15) is 5.75 Å². The van der Waals surface area contributed by atoms with Crippen LogP contribution in [-0.4, -0.2) is 35.8 Å². The fourth-order valence-corrected chi connectivity index (χ4v) is 1.78. The fraction of sp³-hybridized carbons (Fsp3) is 0.600. The second-order valence-corrected chi connectivity index (χ2v) is 5.15. The minimum Gasteiger partial charge on any atom is -0.491 e. The van der Waals surface area contributed by atoms with Crippen LogP contribution in [0.5, 0.6) is 5.75 Å². The van der Waals surface area contributed by atoms with E-state index < -0.39 is 0 Å². The molecule has 0 saturated heterocycles. The standard InChI is InChI=1S/C15H25NO2/c1-12(2)18-15-8-6-5-7-14(15)11-16(4)10-9-13(3)17/h5-8,12-13,17H,9-11H2,1-4H3. The first-order chi connectivity index (χ1) is 8.49. The van der Waals surface area contributed by atoms with E-state index in [1.54, 1.807) is 0 Å². The molecule has 1 aromatic carbocycles. The quantitative estimate of drug-likeness (QED) is 0.808. The van der Waals surface area contributed by atoms with E-state index in [4.69, 9.17) is 4.74 Å². The summed E-state index contributed by atoms with van der Waals surface area (Å²) in [6.45, 7) is 7.62. The Balaban J connectivity index is 2.60. The second kappa shape index (κ2) is 7.39. The molecule has 102 valence electrons. The van der Waals surface area contributed by atoms with Crippen molar-refractivity contribution in [2.24, 2.45) is 0 Å². The molecule has 3 nitrogen and oxygen atoms in total. The zero-order valence-corrected chi connectivity index (χ0v) is 11.9. The van der Waals surface area contributed by atoms with Crippen LogP contribution in [0.15, 0.2) is 24.3 Å². The average molecular weight is 251 g/mol. The molecule has 0 fully saturated rings. The molecule has 0 amide bonds. The lowest BCUT2D eigenvalue weighted by molar-refractivity contribution is 0.162. The maximum atomic E-state index is 9.29. The molecule has 0 aromatic heterocycles. The zero-order valence-electron chi connectivity index (χ0n) is 11.9. The number of ether oxygens (including phenoxy) is 1. The van der Waals surface area contributed by atoms with Gasteiger partial charge in [0.15, 0.2) is 0 Å². The van der Waals surface area contributed by atoms with Crippen molar-refractivity contribution in [3.05, 3.63) is 29.8 Å². The van der Waals surface area contributed by atoms with Gasteiger partial charge in [-0.05, 0) is 40.3 Å². The summed E-state index contributed by atoms with van der Waals surface area (Å²) in [5.41, 5.74) is 1.19. The van der Waals surface area contributed by atoms with Crippen LogP contribution in [-0.2, 0) is 6.54 Å². The maximum Gasteiger partial charge on any atom is 0.124 e. The summed E-state index contributed by atoms with van der Waals surface area (Å²) >= 11 is 0. The molecule has 1 atom stereocenters. The Morgan fingerprint density at radius 2 is 1.89 bits per heavy atom. The third-order valence-corrected chi connectivity index (χ3v) is 2.70. The molecule has 0 aliphatic rings. The highest BCUT2D eigenvalue weighted by molar-refractivity contribution is 5.33. The minimum absolute atomic E-state index is 0.189. The Morgan fingerprint density at radius 3 is 2.50 bits per heavy atom. The minimum atomic E-state index is -0.241. The van der Waals surface area contributed by atoms with Crippen LogP contribution in [0.3, 0.4) is 0 Å². The van der Waals surface area contributed by atoms with Gasteiger partial charge in [0.2, 0.25) is 0 Å². The van der Waals surface area contributed by atoms with E-state index in [0.717, 1.165) is 25.3 Å². The van der Waals surface area contributed by atoms with Crippen molar-refractivity contribution < 1.29 is 9.84 Å². The molecule has 0 aliphatic carbocycles. The first-order valence-corrected chi connectivity index (χ1v) is 6.60. The van der Waals surface area contributed by atoms with Crippen molar-refractivity contribution in [2.45, 2.75) is 45.9 Å². The zero-order chi connectivity index (χ0) is 13.5. The molecule has 0 radical (unpaired) electrons. The molecule has 0 spiro atoms. The molecule has 1 unspecified atom stereocenters. The van der Waals surface area contributed by atoms with Gasteiger partial charge in [-0.3, -0.25) is 0 Å². The van der Waals surface area contributed by atoms with Crippen LogP contribution in [0.25, 0.3) is 0 Å². The number of aliphatic hydroxyl groups is 1. The molecular weight excluding hydrogens is 226 g/mol. The second-order valence-electron chi connectivity index (χ2n) is 5.15. The van der Waals surface area contributed by atoms with E-state index in [2.05, 4.69) is 18.0 Å². The van der Waals surface area contributed by atoms with Crippen LogP contribution in [0.4, 0.5) is 0 Å². The van der Waals surface area contributed by atoms with Gasteiger partial charge in [0.25, 0.3) is 0 Å². The van der Waals surface area contributed by atoms with Gasteiger partial charge >= 0.3 is 0 Å². The van der Waals surface area contributed by atoms with Crippen LogP contribution in [0.2, 0.25) is 0 Å². The average Bonchev–Trinajstić information content (AvgIpc) is 2.28. The maximum absolute atomic E-state index is 9.29. The van der Waals surface area contributed by atoms with E-state index in [1.165, 1.54) is 5.56 Å². The van der Waals surface area contributed by atoms with Crippen LogP contribution >= 0.6 is 0 Å². The van der Waals surface area contributed by atoms with Crippen LogP contribution < -0.4 is 4.74 Å². The predicted octanol–water partition coefficient (Wildman–Crippen LogP) is 2.68. The van der Waals surface area contributed by atoms with Crippen molar-refractivity contribution in [3.8, 4) is 5.75 Å². The molecule has 0 heterocycles. The molecule has 1 rings (SSSR count). The van der Waals surface area contributed by atoms with Crippen molar-refractivity contribution in [2.75, 3.05) is 13.6 Å². The van der Waals surface area contributed by atoms with Gasteiger partial charge in [-0.2, -0.15) is 0 Å². The summed E-state index contributed by atoms with van der Waals surface area (Å²) in [5, 5.41) is 9.29. The summed E-state index contributed by atoms with van der Waals surface area (Å²) in [6.07, 6.45) is 0.743. The molecule has 0 bridgehead atoms. The first-order valence-electron chi connectivity index (χ1n) is 6.60. The summed E-state index contributed by atoms with van der Waals surface area (Å²) in [4.78, 5) is 2.20. The van der Waals surface area contributed by atoms with Gasteiger partial charge < -0.3 is 14.7 Å². The van der Waals surface area contributed by atoms with Gasteiger partial charge in [-0.15, -0.1) is 0 Å². The Hall–Kier alpha value is -1.06. The van der Waals surface area contributed by atoms with E-state index >= 15 is 0 Å². The first kappa shape index (κ1) is 15.0. The molecule has 3 heteroatoms. The normalized spacial score (nSPS) is 13.1. The molecule has 1 N–H and O–H groups in total. The Labute approximate surface area is 110 Å². The van der Waals surface area contributed by atoms with E-state index in [9.17, 15) is 5.11 Å². The van der Waals surface area contributed by atoms with Gasteiger partial charge in [-0.25, -0.2) is 0 Å². The Kier molecular flexibility index (Phi) is 6.16. The number of aliphatic hydroxyl groups excluding tert-OH is 1. The number of para-hydroxylation sites is 1. The molecule has 18 heavy (non-hydrogen) atoms. The van der Waals surface area contributed by atoms with Crippen LogP contribution in [0, 0.1) is 0 Å². The lowest BCUT2D eigenvalue weighted by Crippen LogP contribution is -2.22. The smallest absolute Gasteiger partial charge is 0.124 e. The number of hydrogen-bond donors (Lipinski definition) is 1. The lowest BCUT2D eigenvalue weighted by atomic mass is 10.2. The number of hydrogen-bond acceptors (Lipinski definition) is 3. The monoisotopic (exact) mass is 251 g/mol. The predicted molar refractivity (Wildman–Crippen MR) is 74.8 cm³/mol. The number of rotatable bonds is 7. The number of benzene rings is 1. The van der Waals surface area contributed by atoms with Crippen LogP contribution in [0.1, 0.15) is 32.8 Å². The molecule has 0 aliphatic heterocycles. The summed E-state index contributed by atoms with van der Waals surface area (Å²) in [6, 6.07) is 8.14. The molecule has 0 saturated carbocycles. The highest BCUT2D eigenvalue weighted by Gasteiger charge is 2.08. The summed E-state index contributed by atoms with van der Waals surface area (Å²) in [7, 11) is 2.06. The van der Waals surface area contributed by atoms with E-state index in [0.29, 0.717) is 0 Å². The van der Waals surface area contributed by atoms with E-state index in [-0.39, 0.29) is 12.2 Å². The lowest BCUT2D eigenvalue weighted by Gasteiger charge is -2.20. The summed E-state index contributed by atoms with van der Waals surface area (Å²) in [5.74, 6) is 0.955. The molecular formula is C15H25NO2. The van der Waals surface area contributed by atoms with Crippen molar-refractivity contribution >= 4 is 0 Å². The van der Waals surface area contributed by atoms with Gasteiger partial charge in [-0.1, -0.05) is 18.2 Å². The van der Waals surface area contributed by atoms with E-state index in [1.807, 2.05) is 39.0 Å². The third-order valence-electron chi connectivity index (χ3n) is 2.70.